The van der Waals surface area contributed by atoms with Crippen molar-refractivity contribution in [3.63, 3.8) is 0 Å². The van der Waals surface area contributed by atoms with Gasteiger partial charge < -0.3 is 0 Å². The zero-order chi connectivity index (χ0) is 9.47. The predicted molar refractivity (Wildman–Crippen MR) is 59.4 cm³/mol. The van der Waals surface area contributed by atoms with Crippen LogP contribution in [-0.4, -0.2) is 0 Å². The van der Waals surface area contributed by atoms with Gasteiger partial charge in [0.1, 0.15) is 0 Å². The van der Waals surface area contributed by atoms with Gasteiger partial charge in [0.2, 0.25) is 0 Å². The van der Waals surface area contributed by atoms with Gasteiger partial charge in [-0.25, -0.2) is 11.3 Å². The van der Waals surface area contributed by atoms with E-state index in [1.54, 1.807) is 0 Å². The van der Waals surface area contributed by atoms with Crippen LogP contribution >= 0.6 is 11.3 Å². The van der Waals surface area contributed by atoms with E-state index in [9.17, 15) is 0 Å². The Kier molecular flexibility index (Phi) is 3.90. The molecule has 0 amide bonds. The van der Waals surface area contributed by atoms with Gasteiger partial charge >= 0.3 is 0 Å². The maximum atomic E-state index is 3.45. The standard InChI is InChI=1S/C12H13S.Y/c1-12(2,3)11-8-9-6-4-5-7-10(9)13-11;/h4-7H,1-3H3;/q-1;. The molecule has 1 radical (unpaired) electrons. The summed E-state index contributed by atoms with van der Waals surface area (Å²) in [6.45, 7) is 6.69. The minimum atomic E-state index is 0. The smallest absolute Gasteiger partial charge is 0 e. The Bertz CT molecular complexity index is 390. The molecule has 0 nitrogen and oxygen atoms in total. The molecule has 0 aliphatic carbocycles. The topological polar surface area (TPSA) is 0 Å². The molecule has 2 heteroatoms. The molecule has 2 rings (SSSR count). The summed E-state index contributed by atoms with van der Waals surface area (Å²) in [4.78, 5) is 1.34. The second-order valence-corrected chi connectivity index (χ2v) is 5.35. The molecule has 1 aromatic carbocycles. The van der Waals surface area contributed by atoms with Crippen LogP contribution in [0.15, 0.2) is 24.3 Å². The van der Waals surface area contributed by atoms with Gasteiger partial charge in [0, 0.05) is 32.7 Å². The van der Waals surface area contributed by atoms with Crippen LogP contribution in [-0.2, 0) is 38.1 Å². The van der Waals surface area contributed by atoms with E-state index in [0.717, 1.165) is 0 Å². The molecule has 1 heterocycles. The van der Waals surface area contributed by atoms with Gasteiger partial charge in [-0.3, -0.25) is 0 Å². The monoisotopic (exact) mass is 278 g/mol. The average Bonchev–Trinajstić information content (AvgIpc) is 2.45. The SMILES string of the molecule is CC(C)(C)c1[c-]c2ccccc2s1.[Y]. The number of thiophene rings is 1. The van der Waals surface area contributed by atoms with Crippen LogP contribution in [0.2, 0.25) is 0 Å². The van der Waals surface area contributed by atoms with Crippen molar-refractivity contribution >= 4 is 21.4 Å². The van der Waals surface area contributed by atoms with Crippen molar-refractivity contribution < 1.29 is 32.7 Å². The summed E-state index contributed by atoms with van der Waals surface area (Å²) in [6.07, 6.45) is 0. The molecule has 0 saturated carbocycles. The fraction of sp³-hybridized carbons (Fsp3) is 0.333. The van der Waals surface area contributed by atoms with E-state index < -0.39 is 0 Å². The third-order valence-electron chi connectivity index (χ3n) is 2.03. The fourth-order valence-corrected chi connectivity index (χ4v) is 2.32. The van der Waals surface area contributed by atoms with Crippen molar-refractivity contribution in [1.29, 1.82) is 0 Å². The van der Waals surface area contributed by atoms with Crippen molar-refractivity contribution in [3.05, 3.63) is 35.2 Å². The van der Waals surface area contributed by atoms with Gasteiger partial charge in [0.05, 0.1) is 0 Å². The predicted octanol–water partition coefficient (Wildman–Crippen LogP) is 4.00. The number of hydrogen-bond donors (Lipinski definition) is 0. The van der Waals surface area contributed by atoms with Crippen molar-refractivity contribution in [2.24, 2.45) is 0 Å². The van der Waals surface area contributed by atoms with Crippen molar-refractivity contribution in [2.45, 2.75) is 26.2 Å². The first-order valence-electron chi connectivity index (χ1n) is 4.49. The number of hydrogen-bond acceptors (Lipinski definition) is 1. The Morgan fingerprint density at radius 3 is 2.36 bits per heavy atom. The van der Waals surface area contributed by atoms with E-state index in [1.165, 1.54) is 15.0 Å². The average molecular weight is 278 g/mol. The molecular weight excluding hydrogens is 265 g/mol. The summed E-state index contributed by atoms with van der Waals surface area (Å²) in [7, 11) is 0. The van der Waals surface area contributed by atoms with Gasteiger partial charge in [0.25, 0.3) is 0 Å². The fourth-order valence-electron chi connectivity index (χ4n) is 1.26. The molecule has 71 valence electrons. The van der Waals surface area contributed by atoms with E-state index in [4.69, 9.17) is 0 Å². The molecule has 14 heavy (non-hydrogen) atoms. The molecule has 0 spiro atoms. The Morgan fingerprint density at radius 1 is 1.14 bits per heavy atom. The van der Waals surface area contributed by atoms with Gasteiger partial charge in [-0.05, 0) is 5.41 Å². The Morgan fingerprint density at radius 2 is 1.79 bits per heavy atom. The van der Waals surface area contributed by atoms with E-state index in [2.05, 4.69) is 51.1 Å². The molecule has 0 N–H and O–H groups in total. The minimum Gasteiger partial charge on any atom is -0.222 e. The summed E-state index contributed by atoms with van der Waals surface area (Å²) >= 11 is 1.85. The van der Waals surface area contributed by atoms with Crippen LogP contribution in [0.5, 0.6) is 0 Å². The summed E-state index contributed by atoms with van der Waals surface area (Å²) in [5.74, 6) is 0. The molecular formula is C12H13SY-. The molecule has 0 bridgehead atoms. The molecule has 0 fully saturated rings. The second-order valence-electron chi connectivity index (χ2n) is 4.30. The zero-order valence-corrected chi connectivity index (χ0v) is 12.4. The largest absolute Gasteiger partial charge is 0.222 e. The zero-order valence-electron chi connectivity index (χ0n) is 8.79. The van der Waals surface area contributed by atoms with Crippen molar-refractivity contribution in [1.82, 2.24) is 0 Å². The van der Waals surface area contributed by atoms with Crippen LogP contribution < -0.4 is 0 Å². The molecule has 0 aliphatic rings. The molecule has 0 unspecified atom stereocenters. The first-order valence-corrected chi connectivity index (χ1v) is 5.30. The van der Waals surface area contributed by atoms with Crippen LogP contribution in [0.25, 0.3) is 10.1 Å². The maximum Gasteiger partial charge on any atom is 0 e. The van der Waals surface area contributed by atoms with E-state index in [0.29, 0.717) is 0 Å². The maximum absolute atomic E-state index is 3.45. The summed E-state index contributed by atoms with van der Waals surface area (Å²) in [5, 5.41) is 1.25. The molecule has 0 atom stereocenters. The van der Waals surface area contributed by atoms with Crippen LogP contribution in [0.4, 0.5) is 0 Å². The normalized spacial score (nSPS) is 11.4. The van der Waals surface area contributed by atoms with E-state index in [1.807, 2.05) is 11.3 Å². The minimum absolute atomic E-state index is 0. The Balaban J connectivity index is 0.000000980. The third kappa shape index (κ3) is 2.45. The summed E-state index contributed by atoms with van der Waals surface area (Å²) in [6, 6.07) is 11.9. The third-order valence-corrected chi connectivity index (χ3v) is 3.52. The first kappa shape index (κ1) is 12.4. The van der Waals surface area contributed by atoms with Crippen molar-refractivity contribution in [3.8, 4) is 0 Å². The van der Waals surface area contributed by atoms with Gasteiger partial charge in [0.15, 0.2) is 0 Å². The van der Waals surface area contributed by atoms with Crippen molar-refractivity contribution in [2.75, 3.05) is 0 Å². The van der Waals surface area contributed by atoms with Gasteiger partial charge in [-0.15, -0.1) is 12.1 Å². The molecule has 1 aromatic heterocycles. The van der Waals surface area contributed by atoms with Gasteiger partial charge in [-0.2, -0.15) is 17.5 Å². The van der Waals surface area contributed by atoms with E-state index >= 15 is 0 Å². The number of fused-ring (bicyclic) bond motifs is 1. The molecule has 0 saturated heterocycles. The molecule has 0 aliphatic heterocycles. The summed E-state index contributed by atoms with van der Waals surface area (Å²) in [5.41, 5.74) is 0.226. The number of rotatable bonds is 0. The first-order chi connectivity index (χ1) is 6.07. The molecule has 2 aromatic rings. The van der Waals surface area contributed by atoms with Crippen LogP contribution in [0.3, 0.4) is 0 Å². The second kappa shape index (κ2) is 4.42. The van der Waals surface area contributed by atoms with Gasteiger partial charge in [-0.1, -0.05) is 36.4 Å². The number of benzene rings is 1. The van der Waals surface area contributed by atoms with Crippen LogP contribution in [0, 0.1) is 6.07 Å². The van der Waals surface area contributed by atoms with Crippen LogP contribution in [0.1, 0.15) is 25.6 Å². The Labute approximate surface area is 115 Å². The quantitative estimate of drug-likeness (QED) is 0.639. The Hall–Kier alpha value is 0.284. The van der Waals surface area contributed by atoms with E-state index in [-0.39, 0.29) is 38.1 Å². The summed E-state index contributed by atoms with van der Waals surface area (Å²) < 4.78 is 1.34.